The second-order valence-electron chi connectivity index (χ2n) is 3.60. The highest BCUT2D eigenvalue weighted by Gasteiger charge is 2.19. The molecule has 2 rings (SSSR count). The first-order chi connectivity index (χ1) is 6.86. The molecule has 4 nitrogen and oxygen atoms in total. The predicted molar refractivity (Wildman–Crippen MR) is 50.9 cm³/mol. The van der Waals surface area contributed by atoms with Crippen LogP contribution in [-0.2, 0) is 4.74 Å². The minimum absolute atomic E-state index is 0.0985. The third kappa shape index (κ3) is 2.13. The summed E-state index contributed by atoms with van der Waals surface area (Å²) in [6, 6.07) is 0. The third-order valence-corrected chi connectivity index (χ3v) is 2.52. The van der Waals surface area contributed by atoms with E-state index in [2.05, 4.69) is 9.97 Å². The van der Waals surface area contributed by atoms with Crippen molar-refractivity contribution in [3.63, 3.8) is 0 Å². The number of ether oxygens (including phenoxy) is 1. The van der Waals surface area contributed by atoms with Gasteiger partial charge in [0, 0.05) is 12.4 Å². The number of nitrogens with zero attached hydrogens (tertiary/aromatic N) is 1. The van der Waals surface area contributed by atoms with Crippen molar-refractivity contribution in [3.8, 4) is 0 Å². The molecule has 1 aliphatic rings. The molecule has 1 aliphatic carbocycles. The molecule has 0 radical (unpaired) electrons. The summed E-state index contributed by atoms with van der Waals surface area (Å²) in [5, 5.41) is 0. The van der Waals surface area contributed by atoms with Crippen LogP contribution in [0.1, 0.15) is 42.7 Å². The van der Waals surface area contributed by atoms with E-state index in [1.54, 1.807) is 12.4 Å². The fraction of sp³-hybridized carbons (Fsp3) is 0.600. The van der Waals surface area contributed by atoms with Gasteiger partial charge in [0.2, 0.25) is 5.82 Å². The van der Waals surface area contributed by atoms with Crippen molar-refractivity contribution in [3.05, 3.63) is 18.2 Å². The van der Waals surface area contributed by atoms with E-state index in [1.165, 1.54) is 6.42 Å². The third-order valence-electron chi connectivity index (χ3n) is 2.52. The molecule has 0 atom stereocenters. The number of carbonyl (C=O) groups is 1. The molecule has 1 heterocycles. The Kier molecular flexibility index (Phi) is 2.81. The van der Waals surface area contributed by atoms with Crippen molar-refractivity contribution in [1.82, 2.24) is 9.97 Å². The SMILES string of the molecule is O=C(OC1CCCCC1)c1ncc[nH]1. The van der Waals surface area contributed by atoms with Gasteiger partial charge in [-0.2, -0.15) is 0 Å². The van der Waals surface area contributed by atoms with Crippen LogP contribution in [0.15, 0.2) is 12.4 Å². The monoisotopic (exact) mass is 194 g/mol. The smallest absolute Gasteiger partial charge is 0.374 e. The van der Waals surface area contributed by atoms with Gasteiger partial charge in [0.1, 0.15) is 6.10 Å². The Balaban J connectivity index is 1.87. The Morgan fingerprint density at radius 2 is 2.21 bits per heavy atom. The maximum absolute atomic E-state index is 11.5. The molecular formula is C10H14N2O2. The largest absolute Gasteiger partial charge is 0.457 e. The summed E-state index contributed by atoms with van der Waals surface area (Å²) in [4.78, 5) is 18.1. The highest BCUT2D eigenvalue weighted by molar-refractivity contribution is 5.85. The van der Waals surface area contributed by atoms with Gasteiger partial charge in [0.05, 0.1) is 0 Å². The van der Waals surface area contributed by atoms with E-state index >= 15 is 0 Å². The summed E-state index contributed by atoms with van der Waals surface area (Å²) in [5.41, 5.74) is 0. The molecule has 76 valence electrons. The second kappa shape index (κ2) is 4.26. The molecule has 14 heavy (non-hydrogen) atoms. The number of hydrogen-bond donors (Lipinski definition) is 1. The van der Waals surface area contributed by atoms with E-state index in [4.69, 9.17) is 4.74 Å². The summed E-state index contributed by atoms with van der Waals surface area (Å²) < 4.78 is 5.30. The maximum atomic E-state index is 11.5. The number of aromatic nitrogens is 2. The van der Waals surface area contributed by atoms with Crippen LogP contribution in [0.5, 0.6) is 0 Å². The molecule has 1 fully saturated rings. The van der Waals surface area contributed by atoms with Gasteiger partial charge in [-0.15, -0.1) is 0 Å². The van der Waals surface area contributed by atoms with E-state index in [-0.39, 0.29) is 12.1 Å². The van der Waals surface area contributed by atoms with Gasteiger partial charge in [0.15, 0.2) is 0 Å². The number of imidazole rings is 1. The van der Waals surface area contributed by atoms with Gasteiger partial charge in [0.25, 0.3) is 0 Å². The molecule has 0 aromatic carbocycles. The zero-order chi connectivity index (χ0) is 9.80. The number of esters is 1. The normalized spacial score (nSPS) is 18.0. The lowest BCUT2D eigenvalue weighted by molar-refractivity contribution is 0.0198. The van der Waals surface area contributed by atoms with Gasteiger partial charge in [-0.05, 0) is 25.7 Å². The lowest BCUT2D eigenvalue weighted by atomic mass is 9.98. The first-order valence-corrected chi connectivity index (χ1v) is 5.06. The molecular weight excluding hydrogens is 180 g/mol. The Bertz CT molecular complexity index is 289. The molecule has 0 saturated heterocycles. The number of carbonyl (C=O) groups excluding carboxylic acids is 1. The first kappa shape index (κ1) is 9.24. The van der Waals surface area contributed by atoms with Crippen LogP contribution in [0.2, 0.25) is 0 Å². The van der Waals surface area contributed by atoms with Crippen LogP contribution in [0.4, 0.5) is 0 Å². The second-order valence-corrected chi connectivity index (χ2v) is 3.60. The number of H-pyrrole nitrogens is 1. The highest BCUT2D eigenvalue weighted by atomic mass is 16.5. The molecule has 0 amide bonds. The predicted octanol–water partition coefficient (Wildman–Crippen LogP) is 1.90. The Morgan fingerprint density at radius 3 is 2.86 bits per heavy atom. The van der Waals surface area contributed by atoms with Crippen LogP contribution >= 0.6 is 0 Å². The van der Waals surface area contributed by atoms with E-state index in [1.807, 2.05) is 0 Å². The average Bonchev–Trinajstić information content (AvgIpc) is 2.72. The van der Waals surface area contributed by atoms with Crippen LogP contribution in [0.25, 0.3) is 0 Å². The number of hydrogen-bond acceptors (Lipinski definition) is 3. The van der Waals surface area contributed by atoms with Crippen molar-refractivity contribution in [1.29, 1.82) is 0 Å². The molecule has 1 aromatic rings. The molecule has 1 saturated carbocycles. The average molecular weight is 194 g/mol. The van der Waals surface area contributed by atoms with E-state index in [9.17, 15) is 4.79 Å². The maximum Gasteiger partial charge on any atom is 0.374 e. The fourth-order valence-electron chi connectivity index (χ4n) is 1.77. The highest BCUT2D eigenvalue weighted by Crippen LogP contribution is 2.20. The molecule has 0 aliphatic heterocycles. The number of nitrogens with one attached hydrogen (secondary N) is 1. The van der Waals surface area contributed by atoms with Crippen LogP contribution in [0, 0.1) is 0 Å². The lowest BCUT2D eigenvalue weighted by Gasteiger charge is -2.21. The van der Waals surface area contributed by atoms with Crippen molar-refractivity contribution in [2.45, 2.75) is 38.2 Å². The van der Waals surface area contributed by atoms with Gasteiger partial charge >= 0.3 is 5.97 Å². The van der Waals surface area contributed by atoms with Gasteiger partial charge < -0.3 is 9.72 Å². The van der Waals surface area contributed by atoms with Gasteiger partial charge in [-0.3, -0.25) is 0 Å². The molecule has 0 bridgehead atoms. The van der Waals surface area contributed by atoms with Crippen molar-refractivity contribution in [2.75, 3.05) is 0 Å². The Hall–Kier alpha value is -1.32. The Morgan fingerprint density at radius 1 is 1.43 bits per heavy atom. The van der Waals surface area contributed by atoms with Gasteiger partial charge in [-0.25, -0.2) is 9.78 Å². The van der Waals surface area contributed by atoms with Gasteiger partial charge in [-0.1, -0.05) is 6.42 Å². The van der Waals surface area contributed by atoms with Crippen molar-refractivity contribution in [2.24, 2.45) is 0 Å². The summed E-state index contributed by atoms with van der Waals surface area (Å²) in [5.74, 6) is -0.0301. The first-order valence-electron chi connectivity index (χ1n) is 5.06. The van der Waals surface area contributed by atoms with Crippen LogP contribution in [0.3, 0.4) is 0 Å². The minimum Gasteiger partial charge on any atom is -0.457 e. The number of aromatic amines is 1. The lowest BCUT2D eigenvalue weighted by Crippen LogP contribution is -2.21. The molecule has 0 spiro atoms. The van der Waals surface area contributed by atoms with E-state index < -0.39 is 0 Å². The van der Waals surface area contributed by atoms with Crippen molar-refractivity contribution >= 4 is 5.97 Å². The standard InChI is InChI=1S/C10H14N2O2/c13-10(9-11-6-7-12-9)14-8-4-2-1-3-5-8/h6-8H,1-5H2,(H,11,12). The summed E-state index contributed by atoms with van der Waals surface area (Å²) in [7, 11) is 0. The quantitative estimate of drug-likeness (QED) is 0.731. The van der Waals surface area contributed by atoms with Crippen LogP contribution in [-0.4, -0.2) is 22.0 Å². The minimum atomic E-state index is -0.332. The zero-order valence-electron chi connectivity index (χ0n) is 8.03. The molecule has 4 heteroatoms. The summed E-state index contributed by atoms with van der Waals surface area (Å²) in [6.07, 6.45) is 8.84. The molecule has 1 aromatic heterocycles. The topological polar surface area (TPSA) is 55.0 Å². The van der Waals surface area contributed by atoms with E-state index in [0.29, 0.717) is 5.82 Å². The molecule has 1 N–H and O–H groups in total. The van der Waals surface area contributed by atoms with E-state index in [0.717, 1.165) is 25.7 Å². The molecule has 0 unspecified atom stereocenters. The van der Waals surface area contributed by atoms with Crippen LogP contribution < -0.4 is 0 Å². The zero-order valence-corrected chi connectivity index (χ0v) is 8.03. The fourth-order valence-corrected chi connectivity index (χ4v) is 1.77. The summed E-state index contributed by atoms with van der Waals surface area (Å²) in [6.45, 7) is 0. The summed E-state index contributed by atoms with van der Waals surface area (Å²) >= 11 is 0. The Labute approximate surface area is 82.7 Å². The number of rotatable bonds is 2. The van der Waals surface area contributed by atoms with Crippen molar-refractivity contribution < 1.29 is 9.53 Å².